The van der Waals surface area contributed by atoms with Crippen LogP contribution in [0.2, 0.25) is 5.02 Å². The summed E-state index contributed by atoms with van der Waals surface area (Å²) in [5.74, 6) is 0.149. The van der Waals surface area contributed by atoms with Crippen molar-refractivity contribution in [1.29, 1.82) is 0 Å². The van der Waals surface area contributed by atoms with Crippen molar-refractivity contribution in [3.8, 4) is 5.75 Å². The van der Waals surface area contributed by atoms with Gasteiger partial charge in [-0.05, 0) is 30.7 Å². The number of anilines is 1. The summed E-state index contributed by atoms with van der Waals surface area (Å²) in [6, 6.07) is 12.2. The summed E-state index contributed by atoms with van der Waals surface area (Å²) in [5, 5.41) is 3.49. The lowest BCUT2D eigenvalue weighted by Crippen LogP contribution is -2.28. The van der Waals surface area contributed by atoms with Gasteiger partial charge < -0.3 is 15.8 Å². The van der Waals surface area contributed by atoms with E-state index in [4.69, 9.17) is 22.1 Å². The van der Waals surface area contributed by atoms with Crippen LogP contribution in [-0.4, -0.2) is 13.0 Å². The number of nitrogen functional groups attached to an aromatic ring is 1. The molecular weight excluding hydrogens is 288 g/mol. The van der Waals surface area contributed by atoms with Crippen molar-refractivity contribution in [3.63, 3.8) is 0 Å². The molecule has 0 aliphatic heterocycles. The van der Waals surface area contributed by atoms with E-state index in [1.54, 1.807) is 24.3 Å². The van der Waals surface area contributed by atoms with E-state index in [1.165, 1.54) is 7.11 Å². The fraction of sp³-hybridized carbons (Fsp3) is 0.188. The molecule has 0 spiro atoms. The largest absolute Gasteiger partial charge is 0.496 e. The maximum Gasteiger partial charge on any atom is 0.257 e. The van der Waals surface area contributed by atoms with Crippen LogP contribution >= 0.6 is 11.6 Å². The van der Waals surface area contributed by atoms with Gasteiger partial charge in [0.2, 0.25) is 0 Å². The Labute approximate surface area is 128 Å². The minimum Gasteiger partial charge on any atom is -0.496 e. The minimum absolute atomic E-state index is 0.240. The summed E-state index contributed by atoms with van der Waals surface area (Å²) in [7, 11) is 1.50. The van der Waals surface area contributed by atoms with E-state index in [-0.39, 0.29) is 11.9 Å². The highest BCUT2D eigenvalue weighted by molar-refractivity contribution is 6.31. The van der Waals surface area contributed by atoms with Gasteiger partial charge in [0.15, 0.2) is 0 Å². The first-order valence-electron chi connectivity index (χ1n) is 6.52. The molecule has 0 aliphatic rings. The Morgan fingerprint density at radius 3 is 2.62 bits per heavy atom. The molecule has 0 saturated carbocycles. The molecule has 0 aromatic heterocycles. The van der Waals surface area contributed by atoms with Gasteiger partial charge in [-0.3, -0.25) is 4.79 Å². The average Bonchev–Trinajstić information content (AvgIpc) is 2.46. The SMILES string of the molecule is COc1cccc(N)c1C(=O)NC(C)c1ccccc1Cl. The van der Waals surface area contributed by atoms with Crippen LogP contribution in [0.4, 0.5) is 5.69 Å². The molecule has 0 heterocycles. The maximum atomic E-state index is 12.4. The van der Waals surface area contributed by atoms with Crippen LogP contribution in [0.15, 0.2) is 42.5 Å². The van der Waals surface area contributed by atoms with Gasteiger partial charge >= 0.3 is 0 Å². The molecule has 1 atom stereocenters. The van der Waals surface area contributed by atoms with Crippen molar-refractivity contribution in [2.24, 2.45) is 0 Å². The van der Waals surface area contributed by atoms with Crippen LogP contribution in [0.5, 0.6) is 5.75 Å². The number of carbonyl (C=O) groups is 1. The third-order valence-electron chi connectivity index (χ3n) is 3.22. The molecule has 0 aliphatic carbocycles. The lowest BCUT2D eigenvalue weighted by molar-refractivity contribution is 0.0938. The number of amides is 1. The standard InChI is InChI=1S/C16H17ClN2O2/c1-10(11-6-3-4-7-12(11)17)19-16(20)15-13(18)8-5-9-14(15)21-2/h3-10H,18H2,1-2H3,(H,19,20). The first-order chi connectivity index (χ1) is 10.0. The van der Waals surface area contributed by atoms with Gasteiger partial charge in [0, 0.05) is 10.7 Å². The molecule has 4 nitrogen and oxygen atoms in total. The Morgan fingerprint density at radius 2 is 1.95 bits per heavy atom. The van der Waals surface area contributed by atoms with Crippen LogP contribution in [0.1, 0.15) is 28.9 Å². The number of hydrogen-bond acceptors (Lipinski definition) is 3. The second-order valence-corrected chi connectivity index (χ2v) is 5.05. The molecule has 2 aromatic rings. The predicted octanol–water partition coefficient (Wildman–Crippen LogP) is 3.42. The second-order valence-electron chi connectivity index (χ2n) is 4.64. The highest BCUT2D eigenvalue weighted by Crippen LogP contribution is 2.26. The Bertz CT molecular complexity index is 658. The highest BCUT2D eigenvalue weighted by Gasteiger charge is 2.19. The topological polar surface area (TPSA) is 64.3 Å². The number of ether oxygens (including phenoxy) is 1. The number of nitrogens with one attached hydrogen (secondary N) is 1. The molecule has 1 amide bonds. The fourth-order valence-corrected chi connectivity index (χ4v) is 2.43. The van der Waals surface area contributed by atoms with Crippen molar-refractivity contribution in [1.82, 2.24) is 5.32 Å². The van der Waals surface area contributed by atoms with Gasteiger partial charge in [-0.2, -0.15) is 0 Å². The van der Waals surface area contributed by atoms with E-state index < -0.39 is 0 Å². The molecule has 3 N–H and O–H groups in total. The quantitative estimate of drug-likeness (QED) is 0.851. The van der Waals surface area contributed by atoms with Crippen LogP contribution in [0.3, 0.4) is 0 Å². The van der Waals surface area contributed by atoms with E-state index in [2.05, 4.69) is 5.32 Å². The predicted molar refractivity (Wildman–Crippen MR) is 84.7 cm³/mol. The number of benzene rings is 2. The molecule has 0 radical (unpaired) electrons. The van der Waals surface area contributed by atoms with Gasteiger partial charge in [0.05, 0.1) is 13.2 Å². The van der Waals surface area contributed by atoms with E-state index >= 15 is 0 Å². The van der Waals surface area contributed by atoms with Crippen molar-refractivity contribution in [2.75, 3.05) is 12.8 Å². The van der Waals surface area contributed by atoms with Crippen molar-refractivity contribution in [2.45, 2.75) is 13.0 Å². The summed E-state index contributed by atoms with van der Waals surface area (Å²) in [6.45, 7) is 1.87. The number of methoxy groups -OCH3 is 1. The maximum absolute atomic E-state index is 12.4. The summed E-state index contributed by atoms with van der Waals surface area (Å²) in [5.41, 5.74) is 7.43. The van der Waals surface area contributed by atoms with Crippen LogP contribution in [0, 0.1) is 0 Å². The smallest absolute Gasteiger partial charge is 0.257 e. The molecule has 0 saturated heterocycles. The zero-order chi connectivity index (χ0) is 15.4. The minimum atomic E-state index is -0.294. The van der Waals surface area contributed by atoms with Crippen molar-refractivity contribution >= 4 is 23.2 Å². The monoisotopic (exact) mass is 304 g/mol. The summed E-state index contributed by atoms with van der Waals surface area (Å²) >= 11 is 6.14. The zero-order valence-corrected chi connectivity index (χ0v) is 12.6. The van der Waals surface area contributed by atoms with E-state index in [9.17, 15) is 4.79 Å². The summed E-state index contributed by atoms with van der Waals surface area (Å²) in [4.78, 5) is 12.4. The van der Waals surface area contributed by atoms with Crippen molar-refractivity contribution < 1.29 is 9.53 Å². The van der Waals surface area contributed by atoms with Crippen molar-refractivity contribution in [3.05, 3.63) is 58.6 Å². The van der Waals surface area contributed by atoms with Gasteiger partial charge in [-0.25, -0.2) is 0 Å². The third kappa shape index (κ3) is 3.28. The first-order valence-corrected chi connectivity index (χ1v) is 6.90. The summed E-state index contributed by atoms with van der Waals surface area (Å²) in [6.07, 6.45) is 0. The number of rotatable bonds is 4. The number of nitrogens with two attached hydrogens (primary N) is 1. The Balaban J connectivity index is 2.25. The van der Waals surface area contributed by atoms with Gasteiger partial charge in [-0.15, -0.1) is 0 Å². The zero-order valence-electron chi connectivity index (χ0n) is 11.9. The average molecular weight is 305 g/mol. The van der Waals surface area contributed by atoms with E-state index in [0.717, 1.165) is 5.56 Å². The van der Waals surface area contributed by atoms with E-state index in [0.29, 0.717) is 22.0 Å². The normalized spacial score (nSPS) is 11.8. The van der Waals surface area contributed by atoms with E-state index in [1.807, 2.05) is 25.1 Å². The van der Waals surface area contributed by atoms with Gasteiger partial charge in [0.25, 0.3) is 5.91 Å². The Kier molecular flexibility index (Phi) is 4.70. The molecule has 2 aromatic carbocycles. The molecule has 21 heavy (non-hydrogen) atoms. The molecule has 0 fully saturated rings. The highest BCUT2D eigenvalue weighted by atomic mass is 35.5. The lowest BCUT2D eigenvalue weighted by atomic mass is 10.1. The fourth-order valence-electron chi connectivity index (χ4n) is 2.13. The molecule has 0 bridgehead atoms. The molecule has 1 unspecified atom stereocenters. The lowest BCUT2D eigenvalue weighted by Gasteiger charge is -2.17. The summed E-state index contributed by atoms with van der Waals surface area (Å²) < 4.78 is 5.19. The molecule has 110 valence electrons. The van der Waals surface area contributed by atoms with Gasteiger partial charge in [0.1, 0.15) is 11.3 Å². The Hall–Kier alpha value is -2.20. The number of carbonyl (C=O) groups excluding carboxylic acids is 1. The Morgan fingerprint density at radius 1 is 1.24 bits per heavy atom. The second kappa shape index (κ2) is 6.50. The molecule has 5 heteroatoms. The molecular formula is C16H17ClN2O2. The van der Waals surface area contributed by atoms with Crippen LogP contribution in [0.25, 0.3) is 0 Å². The number of halogens is 1. The first kappa shape index (κ1) is 15.2. The third-order valence-corrected chi connectivity index (χ3v) is 3.57. The van der Waals surface area contributed by atoms with Crippen LogP contribution < -0.4 is 15.8 Å². The number of hydrogen-bond donors (Lipinski definition) is 2. The molecule has 2 rings (SSSR count). The van der Waals surface area contributed by atoms with Gasteiger partial charge in [-0.1, -0.05) is 35.9 Å². The van der Waals surface area contributed by atoms with Crippen LogP contribution in [-0.2, 0) is 0 Å².